The Morgan fingerprint density at radius 2 is 1.62 bits per heavy atom. The lowest BCUT2D eigenvalue weighted by Crippen LogP contribution is -2.30. The molecule has 4 heteroatoms. The van der Waals surface area contributed by atoms with Gasteiger partial charge in [0.15, 0.2) is 0 Å². The lowest BCUT2D eigenvalue weighted by atomic mass is 10.1. The number of benzene rings is 2. The van der Waals surface area contributed by atoms with Crippen LogP contribution < -0.4 is 5.32 Å². The average Bonchev–Trinajstić information content (AvgIpc) is 3.23. The van der Waals surface area contributed by atoms with Gasteiger partial charge in [-0.25, -0.2) is 4.79 Å². The summed E-state index contributed by atoms with van der Waals surface area (Å²) in [5, 5.41) is 3.08. The van der Waals surface area contributed by atoms with Gasteiger partial charge in [0.2, 0.25) is 0 Å². The van der Waals surface area contributed by atoms with Crippen LogP contribution in [0.4, 0.5) is 10.5 Å². The van der Waals surface area contributed by atoms with Gasteiger partial charge in [-0.2, -0.15) is 0 Å². The zero-order valence-corrected chi connectivity index (χ0v) is 15.7. The van der Waals surface area contributed by atoms with E-state index in [4.69, 9.17) is 0 Å². The molecule has 0 fully saturated rings. The van der Waals surface area contributed by atoms with Crippen molar-refractivity contribution in [3.63, 3.8) is 0 Å². The average molecular weight is 349 g/mol. The Hall–Kier alpha value is -2.33. The molecule has 26 heavy (non-hydrogen) atoms. The van der Waals surface area contributed by atoms with E-state index < -0.39 is 0 Å². The number of nitrogens with one attached hydrogen (secondary N) is 1. The molecule has 2 amide bonds. The summed E-state index contributed by atoms with van der Waals surface area (Å²) in [5.74, 6) is 0.734. The SMILES string of the molecule is CC(C)CCN1Cc2ccc(NC(=O)N3Cc4ccccc4C3)cc2C1. The van der Waals surface area contributed by atoms with Gasteiger partial charge in [-0.1, -0.05) is 44.2 Å². The number of anilines is 1. The lowest BCUT2D eigenvalue weighted by molar-refractivity contribution is 0.212. The fourth-order valence-electron chi connectivity index (χ4n) is 3.82. The van der Waals surface area contributed by atoms with Crippen molar-refractivity contribution in [1.29, 1.82) is 0 Å². The van der Waals surface area contributed by atoms with Crippen LogP contribution in [-0.2, 0) is 26.2 Å². The van der Waals surface area contributed by atoms with Crippen LogP contribution in [0.15, 0.2) is 42.5 Å². The number of nitrogens with zero attached hydrogens (tertiary/aromatic N) is 2. The van der Waals surface area contributed by atoms with E-state index in [9.17, 15) is 4.79 Å². The second kappa shape index (κ2) is 7.12. The van der Waals surface area contributed by atoms with Crippen LogP contribution in [-0.4, -0.2) is 22.4 Å². The van der Waals surface area contributed by atoms with E-state index >= 15 is 0 Å². The van der Waals surface area contributed by atoms with Crippen molar-refractivity contribution in [3.8, 4) is 0 Å². The van der Waals surface area contributed by atoms with Gasteiger partial charge in [-0.05, 0) is 53.3 Å². The molecule has 0 radical (unpaired) electrons. The van der Waals surface area contributed by atoms with E-state index in [-0.39, 0.29) is 6.03 Å². The van der Waals surface area contributed by atoms with E-state index in [1.54, 1.807) is 0 Å². The van der Waals surface area contributed by atoms with Gasteiger partial charge in [-0.3, -0.25) is 4.90 Å². The quantitative estimate of drug-likeness (QED) is 0.876. The normalized spacial score (nSPS) is 16.0. The Morgan fingerprint density at radius 3 is 2.31 bits per heavy atom. The van der Waals surface area contributed by atoms with Crippen molar-refractivity contribution in [1.82, 2.24) is 9.80 Å². The van der Waals surface area contributed by atoms with E-state index in [0.29, 0.717) is 13.1 Å². The number of carbonyl (C=O) groups is 1. The minimum atomic E-state index is -0.0178. The van der Waals surface area contributed by atoms with Gasteiger partial charge in [-0.15, -0.1) is 0 Å². The van der Waals surface area contributed by atoms with Crippen molar-refractivity contribution in [3.05, 3.63) is 64.7 Å². The second-order valence-corrected chi connectivity index (χ2v) is 7.93. The highest BCUT2D eigenvalue weighted by Crippen LogP contribution is 2.27. The summed E-state index contributed by atoms with van der Waals surface area (Å²) in [5.41, 5.74) is 6.13. The predicted molar refractivity (Wildman–Crippen MR) is 105 cm³/mol. The second-order valence-electron chi connectivity index (χ2n) is 7.93. The Morgan fingerprint density at radius 1 is 0.962 bits per heavy atom. The summed E-state index contributed by atoms with van der Waals surface area (Å²) in [6, 6.07) is 14.6. The van der Waals surface area contributed by atoms with Crippen LogP contribution in [0.5, 0.6) is 0 Å². The Kier molecular flexibility index (Phi) is 4.68. The molecular formula is C22H27N3O. The number of carbonyl (C=O) groups excluding carboxylic acids is 1. The topological polar surface area (TPSA) is 35.6 Å². The minimum absolute atomic E-state index is 0.0178. The first-order valence-electron chi connectivity index (χ1n) is 9.55. The van der Waals surface area contributed by atoms with Crippen LogP contribution in [0, 0.1) is 5.92 Å². The first-order valence-corrected chi connectivity index (χ1v) is 9.55. The number of urea groups is 1. The van der Waals surface area contributed by atoms with Crippen molar-refractivity contribution >= 4 is 11.7 Å². The minimum Gasteiger partial charge on any atom is -0.316 e. The number of rotatable bonds is 4. The molecule has 2 heterocycles. The molecule has 2 aliphatic rings. The monoisotopic (exact) mass is 349 g/mol. The van der Waals surface area contributed by atoms with Gasteiger partial charge in [0.05, 0.1) is 0 Å². The fourth-order valence-corrected chi connectivity index (χ4v) is 3.82. The third-order valence-corrected chi connectivity index (χ3v) is 5.40. The van der Waals surface area contributed by atoms with Gasteiger partial charge >= 0.3 is 6.03 Å². The lowest BCUT2D eigenvalue weighted by Gasteiger charge is -2.17. The van der Waals surface area contributed by atoms with Crippen LogP contribution in [0.3, 0.4) is 0 Å². The molecule has 1 N–H and O–H groups in total. The number of hydrogen-bond acceptors (Lipinski definition) is 2. The summed E-state index contributed by atoms with van der Waals surface area (Å²) in [6.07, 6.45) is 1.23. The van der Waals surface area contributed by atoms with Gasteiger partial charge in [0.25, 0.3) is 0 Å². The molecule has 0 bridgehead atoms. The van der Waals surface area contributed by atoms with Crippen molar-refractivity contribution in [2.45, 2.75) is 46.4 Å². The third-order valence-electron chi connectivity index (χ3n) is 5.40. The van der Waals surface area contributed by atoms with Crippen LogP contribution in [0.2, 0.25) is 0 Å². The molecule has 0 aromatic heterocycles. The summed E-state index contributed by atoms with van der Waals surface area (Å²) in [6.45, 7) is 9.07. The van der Waals surface area contributed by atoms with Gasteiger partial charge in [0.1, 0.15) is 0 Å². The van der Waals surface area contributed by atoms with E-state index in [2.05, 4.69) is 48.3 Å². The number of hydrogen-bond donors (Lipinski definition) is 1. The van der Waals surface area contributed by atoms with E-state index in [1.165, 1.54) is 28.7 Å². The molecule has 0 atom stereocenters. The molecule has 0 aliphatic carbocycles. The molecule has 0 saturated heterocycles. The molecule has 2 aliphatic heterocycles. The smallest absolute Gasteiger partial charge is 0.316 e. The standard InChI is InChI=1S/C22H27N3O/c1-16(2)9-10-24-12-19-7-8-21(11-20(19)13-24)23-22(26)25-14-17-5-3-4-6-18(17)15-25/h3-8,11,16H,9-10,12-15H2,1-2H3,(H,23,26). The maximum atomic E-state index is 12.6. The molecule has 0 saturated carbocycles. The Balaban J connectivity index is 1.37. The van der Waals surface area contributed by atoms with Gasteiger partial charge < -0.3 is 10.2 Å². The Bertz CT molecular complexity index is 790. The van der Waals surface area contributed by atoms with Crippen molar-refractivity contribution in [2.24, 2.45) is 5.92 Å². The van der Waals surface area contributed by atoms with Crippen molar-refractivity contribution < 1.29 is 4.79 Å². The molecule has 2 aromatic rings. The maximum Gasteiger partial charge on any atom is 0.322 e. The highest BCUT2D eigenvalue weighted by molar-refractivity contribution is 5.89. The summed E-state index contributed by atoms with van der Waals surface area (Å²) < 4.78 is 0. The first-order chi connectivity index (χ1) is 12.6. The summed E-state index contributed by atoms with van der Waals surface area (Å²) >= 11 is 0. The fraction of sp³-hybridized carbons (Fsp3) is 0.409. The maximum absolute atomic E-state index is 12.6. The molecular weight excluding hydrogens is 322 g/mol. The molecule has 0 spiro atoms. The van der Waals surface area contributed by atoms with Crippen molar-refractivity contribution in [2.75, 3.05) is 11.9 Å². The molecule has 2 aromatic carbocycles. The summed E-state index contributed by atoms with van der Waals surface area (Å²) in [4.78, 5) is 17.0. The van der Waals surface area contributed by atoms with E-state index in [0.717, 1.165) is 31.2 Å². The zero-order chi connectivity index (χ0) is 18.1. The largest absolute Gasteiger partial charge is 0.322 e. The van der Waals surface area contributed by atoms with Crippen LogP contribution >= 0.6 is 0 Å². The third kappa shape index (κ3) is 3.61. The molecule has 4 rings (SSSR count). The molecule has 136 valence electrons. The zero-order valence-electron chi connectivity index (χ0n) is 15.7. The summed E-state index contributed by atoms with van der Waals surface area (Å²) in [7, 11) is 0. The number of fused-ring (bicyclic) bond motifs is 2. The molecule has 4 nitrogen and oxygen atoms in total. The number of amides is 2. The van der Waals surface area contributed by atoms with Crippen LogP contribution in [0.25, 0.3) is 0 Å². The van der Waals surface area contributed by atoms with E-state index in [1.807, 2.05) is 23.1 Å². The van der Waals surface area contributed by atoms with Crippen LogP contribution in [0.1, 0.15) is 42.5 Å². The predicted octanol–water partition coefficient (Wildman–Crippen LogP) is 4.60. The Labute approximate surface area is 155 Å². The first kappa shape index (κ1) is 17.1. The van der Waals surface area contributed by atoms with Gasteiger partial charge in [0, 0.05) is 31.9 Å². The molecule has 0 unspecified atom stereocenters. The highest BCUT2D eigenvalue weighted by atomic mass is 16.2. The highest BCUT2D eigenvalue weighted by Gasteiger charge is 2.24.